The lowest BCUT2D eigenvalue weighted by atomic mass is 9.82. The smallest absolute Gasteiger partial charge is 0.247 e. The van der Waals surface area contributed by atoms with Gasteiger partial charge >= 0.3 is 0 Å². The Morgan fingerprint density at radius 3 is 2.36 bits per heavy atom. The van der Waals surface area contributed by atoms with E-state index in [4.69, 9.17) is 0 Å². The van der Waals surface area contributed by atoms with Gasteiger partial charge in [0.1, 0.15) is 0 Å². The van der Waals surface area contributed by atoms with E-state index >= 15 is 0 Å². The first-order chi connectivity index (χ1) is 17.2. The zero-order valence-corrected chi connectivity index (χ0v) is 21.6. The monoisotopic (exact) mass is 497 g/mol. The summed E-state index contributed by atoms with van der Waals surface area (Å²) in [5.41, 5.74) is 6.31. The summed E-state index contributed by atoms with van der Waals surface area (Å²) in [5.74, 6) is -2.58. The average molecular weight is 498 g/mol. The van der Waals surface area contributed by atoms with Crippen molar-refractivity contribution in [2.24, 2.45) is 23.7 Å². The molecule has 4 N–H and O–H groups in total. The molecule has 2 rings (SSSR count). The normalized spacial score (nSPS) is 13.1. The molecule has 2 atom stereocenters. The van der Waals surface area contributed by atoms with E-state index in [2.05, 4.69) is 15.4 Å². The van der Waals surface area contributed by atoms with Gasteiger partial charge in [0.2, 0.25) is 17.7 Å². The fraction of sp³-hybridized carbons (Fsp3) is 0.481. The van der Waals surface area contributed by atoms with E-state index in [0.29, 0.717) is 19.4 Å². The number of H-pyrrole nitrogens is 1. The zero-order valence-electron chi connectivity index (χ0n) is 21.6. The van der Waals surface area contributed by atoms with Crippen LogP contribution in [0.4, 0.5) is 0 Å². The highest BCUT2D eigenvalue weighted by atomic mass is 16.5. The van der Waals surface area contributed by atoms with Crippen molar-refractivity contribution >= 4 is 23.8 Å². The number of hydroxylamine groups is 1. The summed E-state index contributed by atoms with van der Waals surface area (Å²) in [6.07, 6.45) is 8.28. The summed E-state index contributed by atoms with van der Waals surface area (Å²) in [7, 11) is 0. The van der Waals surface area contributed by atoms with Gasteiger partial charge in [0.15, 0.2) is 0 Å². The summed E-state index contributed by atoms with van der Waals surface area (Å²) in [4.78, 5) is 46.1. The number of allylic oxidation sites excluding steroid dienone is 1. The molecule has 0 saturated carbocycles. The number of hydrazine groups is 1. The highest BCUT2D eigenvalue weighted by molar-refractivity contribution is 5.89. The molecule has 9 nitrogen and oxygen atoms in total. The molecule has 1 aromatic carbocycles. The minimum atomic E-state index is -0.807. The van der Waals surface area contributed by atoms with E-state index in [1.54, 1.807) is 18.0 Å². The van der Waals surface area contributed by atoms with Crippen LogP contribution in [0.2, 0.25) is 0 Å². The zero-order chi connectivity index (χ0) is 26.5. The van der Waals surface area contributed by atoms with Crippen LogP contribution in [0, 0.1) is 23.7 Å². The Bertz CT molecular complexity index is 973. The third kappa shape index (κ3) is 9.65. The molecule has 196 valence electrons. The van der Waals surface area contributed by atoms with Gasteiger partial charge in [-0.15, -0.1) is 0 Å². The molecule has 2 aromatic rings. The highest BCUT2D eigenvalue weighted by Crippen LogP contribution is 2.26. The van der Waals surface area contributed by atoms with Crippen molar-refractivity contribution in [3.8, 4) is 0 Å². The number of nitrogens with zero attached hydrogens (tertiary/aromatic N) is 2. The van der Waals surface area contributed by atoms with E-state index in [0.717, 1.165) is 11.3 Å². The Balaban J connectivity index is 2.19. The number of aromatic amines is 1. The Morgan fingerprint density at radius 1 is 1.06 bits per heavy atom. The second-order valence-corrected chi connectivity index (χ2v) is 9.82. The molecular weight excluding hydrogens is 458 g/mol. The number of rotatable bonds is 13. The van der Waals surface area contributed by atoms with Crippen LogP contribution in [-0.2, 0) is 20.8 Å². The Hall–Kier alpha value is -3.46. The summed E-state index contributed by atoms with van der Waals surface area (Å²) < 4.78 is 0. The van der Waals surface area contributed by atoms with Gasteiger partial charge in [-0.1, -0.05) is 70.2 Å². The van der Waals surface area contributed by atoms with Gasteiger partial charge in [-0.05, 0) is 36.7 Å². The number of aromatic nitrogens is 2. The largest absolute Gasteiger partial charge is 0.348 e. The number of hydrogen-bond acceptors (Lipinski definition) is 5. The predicted molar refractivity (Wildman–Crippen MR) is 138 cm³/mol. The maximum absolute atomic E-state index is 13.5. The van der Waals surface area contributed by atoms with Crippen LogP contribution < -0.4 is 10.9 Å². The quantitative estimate of drug-likeness (QED) is 0.248. The van der Waals surface area contributed by atoms with Crippen molar-refractivity contribution in [1.82, 2.24) is 25.9 Å². The topological polar surface area (TPSA) is 127 Å². The summed E-state index contributed by atoms with van der Waals surface area (Å²) in [5, 5.41) is 10.8. The third-order valence-electron chi connectivity index (χ3n) is 5.75. The second-order valence-electron chi connectivity index (χ2n) is 9.82. The highest BCUT2D eigenvalue weighted by Gasteiger charge is 2.35. The maximum atomic E-state index is 13.5. The van der Waals surface area contributed by atoms with E-state index < -0.39 is 23.7 Å². The number of nitrogens with one attached hydrogen (secondary N) is 3. The number of amides is 3. The predicted octanol–water partition coefficient (Wildman–Crippen LogP) is 3.75. The van der Waals surface area contributed by atoms with Crippen LogP contribution in [0.15, 0.2) is 48.9 Å². The van der Waals surface area contributed by atoms with Crippen LogP contribution in [0.5, 0.6) is 0 Å². The van der Waals surface area contributed by atoms with E-state index in [-0.39, 0.29) is 30.6 Å². The summed E-state index contributed by atoms with van der Waals surface area (Å²) in [6, 6.07) is 9.63. The summed E-state index contributed by atoms with van der Waals surface area (Å²) in [6.45, 7) is 8.20. The molecule has 9 heteroatoms. The Morgan fingerprint density at radius 2 is 1.78 bits per heavy atom. The number of carbonyl (C=O) groups excluding carboxylic acids is 3. The van der Waals surface area contributed by atoms with Crippen molar-refractivity contribution in [3.05, 3.63) is 60.2 Å². The molecule has 0 bridgehead atoms. The molecule has 1 aromatic heterocycles. The van der Waals surface area contributed by atoms with Crippen LogP contribution in [-0.4, -0.2) is 44.5 Å². The first-order valence-electron chi connectivity index (χ1n) is 12.4. The van der Waals surface area contributed by atoms with E-state index in [1.165, 1.54) is 5.01 Å². The van der Waals surface area contributed by atoms with Crippen molar-refractivity contribution in [3.63, 3.8) is 0 Å². The minimum absolute atomic E-state index is 0.113. The van der Waals surface area contributed by atoms with E-state index in [9.17, 15) is 19.6 Å². The SMILES string of the molecule is CC(C)C[C@@H](C(=O)NN(CC(C)C)C(=O)CCc1cnc[nH]1)[C@H](CC=Cc1ccccc1)C(=O)NO. The molecule has 36 heavy (non-hydrogen) atoms. The van der Waals surface area contributed by atoms with Gasteiger partial charge in [-0.25, -0.2) is 10.5 Å². The van der Waals surface area contributed by atoms with Crippen LogP contribution in [0.3, 0.4) is 0 Å². The standard InChI is InChI=1S/C27H39N5O4/c1-19(2)15-24(23(27(35)31-36)12-8-11-21-9-6-5-7-10-21)26(34)30-32(17-20(3)4)25(33)14-13-22-16-28-18-29-22/h5-11,16,18-20,23-24,36H,12-15,17H2,1-4H3,(H,28,29)(H,30,34)(H,31,35)/t23-,24+/m0/s1. The molecule has 3 amide bonds. The third-order valence-corrected chi connectivity index (χ3v) is 5.75. The maximum Gasteiger partial charge on any atom is 0.247 e. The van der Waals surface area contributed by atoms with Crippen molar-refractivity contribution in [2.75, 3.05) is 6.54 Å². The fourth-order valence-corrected chi connectivity index (χ4v) is 4.00. The van der Waals surface area contributed by atoms with Crippen molar-refractivity contribution < 1.29 is 19.6 Å². The Labute approximate surface area is 213 Å². The Kier molecular flexibility index (Phi) is 11.9. The van der Waals surface area contributed by atoms with Crippen LogP contribution in [0.25, 0.3) is 6.08 Å². The number of carbonyl (C=O) groups is 3. The number of aryl methyl sites for hydroxylation is 1. The van der Waals surface area contributed by atoms with Crippen molar-refractivity contribution in [2.45, 2.75) is 53.4 Å². The fourth-order valence-electron chi connectivity index (χ4n) is 4.00. The van der Waals surface area contributed by atoms with Gasteiger partial charge in [0.05, 0.1) is 18.2 Å². The van der Waals surface area contributed by atoms with Gasteiger partial charge in [-0.2, -0.15) is 0 Å². The molecular formula is C27H39N5O4. The van der Waals surface area contributed by atoms with Gasteiger partial charge in [0.25, 0.3) is 0 Å². The molecule has 0 fully saturated rings. The summed E-state index contributed by atoms with van der Waals surface area (Å²) >= 11 is 0. The van der Waals surface area contributed by atoms with Gasteiger partial charge < -0.3 is 4.98 Å². The molecule has 0 unspecified atom stereocenters. The molecule has 0 aliphatic rings. The molecule has 0 spiro atoms. The number of benzene rings is 1. The number of imidazole rings is 1. The second kappa shape index (κ2) is 14.8. The molecule has 0 saturated heterocycles. The average Bonchev–Trinajstić information content (AvgIpc) is 3.37. The van der Waals surface area contributed by atoms with Gasteiger partial charge in [-0.3, -0.25) is 30.0 Å². The van der Waals surface area contributed by atoms with Gasteiger partial charge in [0, 0.05) is 24.9 Å². The molecule has 0 aliphatic carbocycles. The first kappa shape index (κ1) is 28.8. The minimum Gasteiger partial charge on any atom is -0.348 e. The molecule has 0 radical (unpaired) electrons. The lowest BCUT2D eigenvalue weighted by Gasteiger charge is -2.30. The first-order valence-corrected chi connectivity index (χ1v) is 12.4. The lowest BCUT2D eigenvalue weighted by Crippen LogP contribution is -2.52. The number of hydrogen-bond donors (Lipinski definition) is 4. The molecule has 1 heterocycles. The van der Waals surface area contributed by atoms with Crippen molar-refractivity contribution in [1.29, 1.82) is 0 Å². The van der Waals surface area contributed by atoms with E-state index in [1.807, 2.05) is 70.2 Å². The molecule has 0 aliphatic heterocycles. The lowest BCUT2D eigenvalue weighted by molar-refractivity contribution is -0.147. The van der Waals surface area contributed by atoms with Crippen LogP contribution >= 0.6 is 0 Å². The van der Waals surface area contributed by atoms with Crippen LogP contribution in [0.1, 0.15) is 58.2 Å².